The van der Waals surface area contributed by atoms with Gasteiger partial charge in [0.25, 0.3) is 0 Å². The lowest BCUT2D eigenvalue weighted by molar-refractivity contribution is 0.393. The Bertz CT molecular complexity index is 1040. The molecule has 1 aliphatic heterocycles. The average Bonchev–Trinajstić information content (AvgIpc) is 3.41. The van der Waals surface area contributed by atoms with Gasteiger partial charge in [0.15, 0.2) is 5.96 Å². The van der Waals surface area contributed by atoms with E-state index >= 15 is 0 Å². The van der Waals surface area contributed by atoms with Gasteiger partial charge < -0.3 is 29.6 Å². The Balaban J connectivity index is 1.32. The zero-order valence-electron chi connectivity index (χ0n) is 19.5. The van der Waals surface area contributed by atoms with Crippen molar-refractivity contribution < 1.29 is 9.47 Å². The fourth-order valence-electron chi connectivity index (χ4n) is 4.14. The molecule has 1 aromatic heterocycles. The summed E-state index contributed by atoms with van der Waals surface area (Å²) in [4.78, 5) is 11.0. The maximum Gasteiger partial charge on any atom is 0.191 e. The van der Waals surface area contributed by atoms with E-state index in [4.69, 9.17) is 9.47 Å². The van der Waals surface area contributed by atoms with Crippen LogP contribution >= 0.6 is 0 Å². The first-order valence-corrected chi connectivity index (χ1v) is 11.2. The van der Waals surface area contributed by atoms with Gasteiger partial charge in [-0.25, -0.2) is 4.98 Å². The Morgan fingerprint density at radius 2 is 1.82 bits per heavy atom. The van der Waals surface area contributed by atoms with E-state index in [0.717, 1.165) is 54.8 Å². The molecule has 8 nitrogen and oxygen atoms in total. The number of para-hydroxylation sites is 1. The van der Waals surface area contributed by atoms with Gasteiger partial charge in [-0.05, 0) is 24.5 Å². The minimum atomic E-state index is 0.365. The molecule has 3 aromatic rings. The molecule has 0 bridgehead atoms. The standard InChI is InChI=1S/C25H32N6O2/c1-26-25(28-17-19-6-4-5-7-24(19)31-13-10-27-18-31)29-20-8-11-30(12-9-20)21-14-22(32-2)16-23(15-21)33-3/h4-7,10,13-16,18,20H,8-9,11-12,17H2,1-3H3,(H2,26,28,29). The van der Waals surface area contributed by atoms with Crippen molar-refractivity contribution in [3.63, 3.8) is 0 Å². The van der Waals surface area contributed by atoms with E-state index < -0.39 is 0 Å². The molecule has 4 rings (SSSR count). The third kappa shape index (κ3) is 5.58. The van der Waals surface area contributed by atoms with E-state index in [0.29, 0.717) is 12.6 Å². The molecule has 0 aliphatic carbocycles. The molecule has 0 radical (unpaired) electrons. The molecule has 1 fully saturated rings. The number of piperidine rings is 1. The van der Waals surface area contributed by atoms with Crippen molar-refractivity contribution in [1.29, 1.82) is 0 Å². The van der Waals surface area contributed by atoms with Crippen molar-refractivity contribution >= 4 is 11.6 Å². The van der Waals surface area contributed by atoms with E-state index in [1.165, 1.54) is 5.56 Å². The van der Waals surface area contributed by atoms with E-state index in [2.05, 4.69) is 55.8 Å². The number of nitrogens with one attached hydrogen (secondary N) is 2. The third-order valence-corrected chi connectivity index (χ3v) is 5.98. The molecule has 0 saturated carbocycles. The molecule has 2 N–H and O–H groups in total. The van der Waals surface area contributed by atoms with E-state index in [1.807, 2.05) is 36.3 Å². The predicted octanol–water partition coefficient (Wildman–Crippen LogP) is 3.22. The Hall–Kier alpha value is -3.68. The number of benzene rings is 2. The van der Waals surface area contributed by atoms with Gasteiger partial charge >= 0.3 is 0 Å². The Labute approximate surface area is 195 Å². The maximum atomic E-state index is 5.42. The van der Waals surface area contributed by atoms with Gasteiger partial charge in [-0.2, -0.15) is 0 Å². The van der Waals surface area contributed by atoms with Gasteiger partial charge in [0.2, 0.25) is 0 Å². The fourth-order valence-corrected chi connectivity index (χ4v) is 4.14. The number of aliphatic imine (C=N–C) groups is 1. The summed E-state index contributed by atoms with van der Waals surface area (Å²) in [5.74, 6) is 2.44. The smallest absolute Gasteiger partial charge is 0.191 e. The van der Waals surface area contributed by atoms with Crippen LogP contribution in [0.4, 0.5) is 5.69 Å². The highest BCUT2D eigenvalue weighted by Gasteiger charge is 2.21. The van der Waals surface area contributed by atoms with Crippen molar-refractivity contribution in [2.45, 2.75) is 25.4 Å². The largest absolute Gasteiger partial charge is 0.497 e. The van der Waals surface area contributed by atoms with Gasteiger partial charge in [0, 0.05) is 69.0 Å². The molecule has 2 heterocycles. The molecule has 1 aliphatic rings. The van der Waals surface area contributed by atoms with Crippen LogP contribution in [0.2, 0.25) is 0 Å². The summed E-state index contributed by atoms with van der Waals surface area (Å²) >= 11 is 0. The normalized spacial score (nSPS) is 14.8. The van der Waals surface area contributed by atoms with Gasteiger partial charge in [0.05, 0.1) is 26.2 Å². The monoisotopic (exact) mass is 448 g/mol. The highest BCUT2D eigenvalue weighted by Crippen LogP contribution is 2.30. The lowest BCUT2D eigenvalue weighted by atomic mass is 10.0. The first kappa shape index (κ1) is 22.5. The highest BCUT2D eigenvalue weighted by atomic mass is 16.5. The van der Waals surface area contributed by atoms with Crippen LogP contribution < -0.4 is 25.0 Å². The second-order valence-electron chi connectivity index (χ2n) is 8.00. The lowest BCUT2D eigenvalue weighted by Crippen LogP contribution is -2.48. The molecule has 174 valence electrons. The van der Waals surface area contributed by atoms with Crippen molar-refractivity contribution in [1.82, 2.24) is 20.2 Å². The molecule has 0 atom stereocenters. The summed E-state index contributed by atoms with van der Waals surface area (Å²) in [7, 11) is 5.18. The molecule has 0 spiro atoms. The van der Waals surface area contributed by atoms with E-state index in [-0.39, 0.29) is 0 Å². The Morgan fingerprint density at radius 1 is 1.09 bits per heavy atom. The van der Waals surface area contributed by atoms with Crippen LogP contribution in [0.1, 0.15) is 18.4 Å². The number of aromatic nitrogens is 2. The number of guanidine groups is 1. The number of rotatable bonds is 7. The van der Waals surface area contributed by atoms with Crippen LogP contribution in [0, 0.1) is 0 Å². The Morgan fingerprint density at radius 3 is 2.45 bits per heavy atom. The van der Waals surface area contributed by atoms with Crippen LogP contribution in [0.5, 0.6) is 11.5 Å². The quantitative estimate of drug-likeness (QED) is 0.427. The number of methoxy groups -OCH3 is 2. The number of anilines is 1. The molecular weight excluding hydrogens is 416 g/mol. The minimum Gasteiger partial charge on any atom is -0.497 e. The fraction of sp³-hybridized carbons (Fsp3) is 0.360. The molecule has 1 saturated heterocycles. The summed E-state index contributed by atoms with van der Waals surface area (Å²) in [6.45, 7) is 2.58. The minimum absolute atomic E-state index is 0.365. The first-order chi connectivity index (χ1) is 16.2. The summed E-state index contributed by atoms with van der Waals surface area (Å²) in [6, 6.07) is 14.7. The van der Waals surface area contributed by atoms with Crippen molar-refractivity contribution in [2.24, 2.45) is 4.99 Å². The number of hydrogen-bond donors (Lipinski definition) is 2. The Kier molecular flexibility index (Phi) is 7.34. The van der Waals surface area contributed by atoms with Gasteiger partial charge in [-0.1, -0.05) is 18.2 Å². The van der Waals surface area contributed by atoms with Gasteiger partial charge in [-0.15, -0.1) is 0 Å². The molecule has 33 heavy (non-hydrogen) atoms. The summed E-state index contributed by atoms with van der Waals surface area (Å²) in [5.41, 5.74) is 3.42. The topological polar surface area (TPSA) is 75.9 Å². The third-order valence-electron chi connectivity index (χ3n) is 5.98. The molecular formula is C25H32N6O2. The number of nitrogens with zero attached hydrogens (tertiary/aromatic N) is 4. The maximum absolute atomic E-state index is 5.42. The first-order valence-electron chi connectivity index (χ1n) is 11.2. The highest BCUT2D eigenvalue weighted by molar-refractivity contribution is 5.80. The zero-order valence-corrected chi connectivity index (χ0v) is 19.5. The number of imidazole rings is 1. The van der Waals surface area contributed by atoms with Crippen LogP contribution in [0.25, 0.3) is 5.69 Å². The van der Waals surface area contributed by atoms with E-state index in [1.54, 1.807) is 20.4 Å². The summed E-state index contributed by atoms with van der Waals surface area (Å²) in [5, 5.41) is 7.06. The van der Waals surface area contributed by atoms with Crippen LogP contribution in [-0.4, -0.2) is 55.9 Å². The molecule has 2 aromatic carbocycles. The van der Waals surface area contributed by atoms with E-state index in [9.17, 15) is 0 Å². The average molecular weight is 449 g/mol. The zero-order chi connectivity index (χ0) is 23.0. The molecule has 0 amide bonds. The summed E-state index contributed by atoms with van der Waals surface area (Å²) < 4.78 is 12.9. The van der Waals surface area contributed by atoms with Gasteiger partial charge in [-0.3, -0.25) is 4.99 Å². The second-order valence-corrected chi connectivity index (χ2v) is 8.00. The predicted molar refractivity (Wildman–Crippen MR) is 132 cm³/mol. The second kappa shape index (κ2) is 10.8. The van der Waals surface area contributed by atoms with Crippen molar-refractivity contribution in [2.75, 3.05) is 39.3 Å². The van der Waals surface area contributed by atoms with Crippen LogP contribution in [0.3, 0.4) is 0 Å². The summed E-state index contributed by atoms with van der Waals surface area (Å²) in [6.07, 6.45) is 7.60. The van der Waals surface area contributed by atoms with Crippen LogP contribution in [-0.2, 0) is 6.54 Å². The van der Waals surface area contributed by atoms with Crippen molar-refractivity contribution in [3.05, 3.63) is 66.7 Å². The SMILES string of the molecule is CN=C(NCc1ccccc1-n1ccnc1)NC1CCN(c2cc(OC)cc(OC)c2)CC1. The van der Waals surface area contributed by atoms with Gasteiger partial charge in [0.1, 0.15) is 11.5 Å². The molecule has 8 heteroatoms. The van der Waals surface area contributed by atoms with Crippen molar-refractivity contribution in [3.8, 4) is 17.2 Å². The van der Waals surface area contributed by atoms with Crippen LogP contribution in [0.15, 0.2) is 66.2 Å². The molecule has 0 unspecified atom stereocenters. The lowest BCUT2D eigenvalue weighted by Gasteiger charge is -2.34. The number of ether oxygens (including phenoxy) is 2. The number of hydrogen-bond acceptors (Lipinski definition) is 5.